The largest absolute Gasteiger partial charge is 0.388 e. The van der Waals surface area contributed by atoms with E-state index in [1.807, 2.05) is 0 Å². The molecule has 0 amide bonds. The van der Waals surface area contributed by atoms with Crippen molar-refractivity contribution in [2.24, 2.45) is 5.73 Å². The minimum absolute atomic E-state index is 0.0963. The predicted octanol–water partition coefficient (Wildman–Crippen LogP) is -1.83. The number of hydrogen-bond acceptors (Lipinski definition) is 12. The lowest BCUT2D eigenvalue weighted by molar-refractivity contribution is -0.327. The van der Waals surface area contributed by atoms with Gasteiger partial charge in [0.05, 0.1) is 30.8 Å². The maximum absolute atomic E-state index is 14.0. The summed E-state index contributed by atoms with van der Waals surface area (Å²) in [5.74, 6) is 0. The van der Waals surface area contributed by atoms with E-state index < -0.39 is 79.5 Å². The van der Waals surface area contributed by atoms with E-state index in [9.17, 15) is 33.2 Å². The van der Waals surface area contributed by atoms with Crippen LogP contribution >= 0.6 is 0 Å². The fraction of sp³-hybridized carbons (Fsp3) is 1.00. The Labute approximate surface area is 199 Å². The number of nitrogens with one attached hydrogen (secondary N) is 3. The molecule has 0 aromatic carbocycles. The predicted molar refractivity (Wildman–Crippen MR) is 110 cm³/mol. The Morgan fingerprint density at radius 3 is 2.09 bits per heavy atom. The molecule has 12 nitrogen and oxygen atoms in total. The van der Waals surface area contributed by atoms with E-state index in [0.29, 0.717) is 6.42 Å². The summed E-state index contributed by atoms with van der Waals surface area (Å²) in [6.07, 6.45) is -9.28. The highest BCUT2D eigenvalue weighted by Gasteiger charge is 2.53. The van der Waals surface area contributed by atoms with Gasteiger partial charge in [0.15, 0.2) is 12.6 Å². The molecule has 1 aliphatic carbocycles. The zero-order chi connectivity index (χ0) is 25.9. The molecule has 3 fully saturated rings. The summed E-state index contributed by atoms with van der Waals surface area (Å²) in [5, 5.41) is 32.0. The molecule has 8 N–H and O–H groups in total. The molecular formula is C19H35F4N5O7. The van der Waals surface area contributed by atoms with Gasteiger partial charge in [0.1, 0.15) is 36.1 Å². The number of halogens is 4. The first-order valence-electron chi connectivity index (χ1n) is 11.4. The lowest BCUT2D eigenvalue weighted by atomic mass is 9.84. The lowest BCUT2D eigenvalue weighted by Gasteiger charge is -2.49. The van der Waals surface area contributed by atoms with Gasteiger partial charge in [-0.15, -0.1) is 23.0 Å². The molecule has 12 atom stereocenters. The van der Waals surface area contributed by atoms with E-state index in [1.165, 1.54) is 18.0 Å². The van der Waals surface area contributed by atoms with Crippen molar-refractivity contribution < 1.29 is 52.2 Å². The van der Waals surface area contributed by atoms with Gasteiger partial charge in [0.25, 0.3) is 0 Å². The lowest BCUT2D eigenvalue weighted by Crippen LogP contribution is -2.68. The topological polar surface area (TPSA) is 163 Å². The highest BCUT2D eigenvalue weighted by Crippen LogP contribution is 2.34. The average molecular weight is 522 g/mol. The van der Waals surface area contributed by atoms with Crippen LogP contribution in [0.2, 0.25) is 0 Å². The Morgan fingerprint density at radius 1 is 1.00 bits per heavy atom. The summed E-state index contributed by atoms with van der Waals surface area (Å²) >= 11 is 0. The summed E-state index contributed by atoms with van der Waals surface area (Å²) in [4.78, 5) is 0. The second-order valence-corrected chi connectivity index (χ2v) is 9.51. The maximum Gasteiger partial charge on any atom is 0.185 e. The van der Waals surface area contributed by atoms with Crippen molar-refractivity contribution in [3.05, 3.63) is 0 Å². The van der Waals surface area contributed by atoms with Crippen LogP contribution in [0, 0.1) is 0 Å². The first kappa shape index (κ1) is 28.8. The molecule has 0 aromatic heterocycles. The number of hydrogen-bond donors (Lipinski definition) is 7. The maximum atomic E-state index is 14.0. The minimum atomic E-state index is -1.78. The molecule has 0 bridgehead atoms. The Morgan fingerprint density at radius 2 is 1.57 bits per heavy atom. The van der Waals surface area contributed by atoms with Crippen LogP contribution in [0.25, 0.3) is 0 Å². The zero-order valence-electron chi connectivity index (χ0n) is 19.4. The number of aliphatic hydroxyl groups excluding tert-OH is 2. The Kier molecular flexibility index (Phi) is 10.0. The second kappa shape index (κ2) is 12.2. The van der Waals surface area contributed by atoms with Crippen LogP contribution in [0.3, 0.4) is 0 Å². The van der Waals surface area contributed by atoms with Crippen LogP contribution in [0.5, 0.6) is 0 Å². The van der Waals surface area contributed by atoms with Crippen molar-refractivity contribution in [1.82, 2.24) is 21.7 Å². The van der Waals surface area contributed by atoms with Crippen molar-refractivity contribution >= 4 is 0 Å². The fourth-order valence-electron chi connectivity index (χ4n) is 5.00. The van der Waals surface area contributed by atoms with Crippen molar-refractivity contribution in [3.8, 4) is 0 Å². The molecule has 2 aliphatic heterocycles. The van der Waals surface area contributed by atoms with E-state index in [4.69, 9.17) is 24.7 Å². The van der Waals surface area contributed by atoms with Crippen LogP contribution in [-0.4, -0.2) is 114 Å². The molecule has 0 radical (unpaired) electrons. The number of likely N-dealkylation sites (N-methyl/N-ethyl adjacent to an activating group) is 1. The summed E-state index contributed by atoms with van der Waals surface area (Å²) in [5.41, 5.74) is 8.27. The number of nitrogens with two attached hydrogens (primary N) is 1. The zero-order valence-corrected chi connectivity index (χ0v) is 19.4. The van der Waals surface area contributed by atoms with Crippen LogP contribution < -0.4 is 22.4 Å². The fourth-order valence-corrected chi connectivity index (χ4v) is 5.00. The normalized spacial score (nSPS) is 47.2. The van der Waals surface area contributed by atoms with Gasteiger partial charge in [-0.3, -0.25) is 0 Å². The van der Waals surface area contributed by atoms with E-state index in [0.717, 1.165) is 7.05 Å². The third kappa shape index (κ3) is 6.22. The van der Waals surface area contributed by atoms with E-state index in [1.54, 1.807) is 5.54 Å². The summed E-state index contributed by atoms with van der Waals surface area (Å²) in [6.45, 7) is 0.935. The molecule has 35 heavy (non-hydrogen) atoms. The van der Waals surface area contributed by atoms with Gasteiger partial charge in [-0.05, 0) is 26.2 Å². The van der Waals surface area contributed by atoms with Gasteiger partial charge in [0.2, 0.25) is 0 Å². The minimum Gasteiger partial charge on any atom is -0.388 e. The van der Waals surface area contributed by atoms with E-state index >= 15 is 0 Å². The third-order valence-electron chi connectivity index (χ3n) is 6.86. The average Bonchev–Trinajstić information content (AvgIpc) is 2.82. The number of nitrogens with zero attached hydrogens (tertiary/aromatic N) is 1. The van der Waals surface area contributed by atoms with Crippen LogP contribution in [0.4, 0.5) is 17.9 Å². The summed E-state index contributed by atoms with van der Waals surface area (Å²) in [6, 6.07) is -4.97. The Balaban J connectivity index is 1.78. The highest BCUT2D eigenvalue weighted by molar-refractivity contribution is 5.02. The molecule has 0 spiro atoms. The standard InChI is InChI=1S/C19H35F4N5O7/c1-19(31)7-32-18(13(30)16(19)28(2)23)35-15-11(27-22)5-10(26-21)14(12(15)29)34-17-9(25-20)4-3-8(6-24)33-17/h8-18,25-27,29-31H,3-7,24H2,1-2H3. The van der Waals surface area contributed by atoms with Crippen LogP contribution in [-0.2, 0) is 18.9 Å². The first-order chi connectivity index (χ1) is 16.6. The Bertz CT molecular complexity index is 675. The van der Waals surface area contributed by atoms with E-state index in [2.05, 4.69) is 0 Å². The first-order valence-corrected chi connectivity index (χ1v) is 11.4. The van der Waals surface area contributed by atoms with Gasteiger partial charge < -0.3 is 40.0 Å². The summed E-state index contributed by atoms with van der Waals surface area (Å²) in [7, 11) is 0.988. The molecule has 1 saturated carbocycles. The van der Waals surface area contributed by atoms with Gasteiger partial charge in [0, 0.05) is 13.6 Å². The van der Waals surface area contributed by atoms with Crippen molar-refractivity contribution in [1.29, 1.82) is 0 Å². The van der Waals surface area contributed by atoms with Crippen molar-refractivity contribution in [2.75, 3.05) is 20.2 Å². The van der Waals surface area contributed by atoms with Gasteiger partial charge in [-0.25, -0.2) is 0 Å². The Hall–Kier alpha value is -0.760. The summed E-state index contributed by atoms with van der Waals surface area (Å²) < 4.78 is 76.9. The van der Waals surface area contributed by atoms with Crippen molar-refractivity contribution in [3.63, 3.8) is 0 Å². The second-order valence-electron chi connectivity index (χ2n) is 9.51. The molecule has 0 aromatic rings. The quantitative estimate of drug-likeness (QED) is 0.134. The number of rotatable bonds is 9. The number of aliphatic hydroxyl groups is 3. The van der Waals surface area contributed by atoms with Crippen molar-refractivity contribution in [2.45, 2.75) is 99.1 Å². The monoisotopic (exact) mass is 521 g/mol. The molecule has 12 unspecified atom stereocenters. The van der Waals surface area contributed by atoms with Gasteiger partial charge in [-0.1, -0.05) is 0 Å². The van der Waals surface area contributed by atoms with Gasteiger partial charge >= 0.3 is 0 Å². The molecule has 16 heteroatoms. The van der Waals surface area contributed by atoms with E-state index in [-0.39, 0.29) is 24.5 Å². The smallest absolute Gasteiger partial charge is 0.185 e. The van der Waals surface area contributed by atoms with Crippen LogP contribution in [0.1, 0.15) is 26.2 Å². The molecular weight excluding hydrogens is 486 g/mol. The van der Waals surface area contributed by atoms with Gasteiger partial charge in [-0.2, -0.15) is 16.6 Å². The molecule has 2 heterocycles. The molecule has 206 valence electrons. The molecule has 3 rings (SSSR count). The van der Waals surface area contributed by atoms with Crippen LogP contribution in [0.15, 0.2) is 0 Å². The third-order valence-corrected chi connectivity index (χ3v) is 6.86. The number of ether oxygens (including phenoxy) is 4. The molecule has 3 aliphatic rings. The SMILES string of the molecule is CN(F)C1C(O)C(OC2C(NF)CC(NF)C(OC3OC(CN)CCC3NF)C2O)OCC1(C)O. The molecule has 2 saturated heterocycles. The highest BCUT2D eigenvalue weighted by atomic mass is 19.2.